The van der Waals surface area contributed by atoms with Gasteiger partial charge in [0, 0.05) is 31.2 Å². The summed E-state index contributed by atoms with van der Waals surface area (Å²) < 4.78 is 18.3. The lowest BCUT2D eigenvalue weighted by Gasteiger charge is -2.59. The molecule has 4 heterocycles. The van der Waals surface area contributed by atoms with E-state index in [4.69, 9.17) is 24.0 Å². The molecule has 0 radical (unpaired) electrons. The third-order valence-electron chi connectivity index (χ3n) is 8.57. The number of phenolic OH excluding ortho intramolecular Hbond substituents is 1. The summed E-state index contributed by atoms with van der Waals surface area (Å²) in [5, 5.41) is 12.2. The summed E-state index contributed by atoms with van der Waals surface area (Å²) in [4.78, 5) is 36.8. The summed E-state index contributed by atoms with van der Waals surface area (Å²) in [5.41, 5.74) is 0.304. The Bertz CT molecular complexity index is 969. The van der Waals surface area contributed by atoms with Gasteiger partial charge in [0.15, 0.2) is 11.9 Å². The van der Waals surface area contributed by atoms with Crippen molar-refractivity contribution in [2.24, 2.45) is 23.7 Å². The number of esters is 1. The van der Waals surface area contributed by atoms with Crippen molar-refractivity contribution < 1.29 is 38.7 Å². The van der Waals surface area contributed by atoms with E-state index >= 15 is 0 Å². The number of aromatic hydroxyl groups is 1. The van der Waals surface area contributed by atoms with Crippen LogP contribution in [0.15, 0.2) is 24.3 Å². The molecular formula is C27H37NO8. The zero-order valence-electron chi connectivity index (χ0n) is 21.2. The number of phenols is 1. The highest BCUT2D eigenvalue weighted by Crippen LogP contribution is 2.60. The zero-order chi connectivity index (χ0) is 25.5. The van der Waals surface area contributed by atoms with Gasteiger partial charge in [-0.25, -0.2) is 9.78 Å². The molecule has 0 unspecified atom stereocenters. The predicted octanol–water partition coefficient (Wildman–Crippen LogP) is 3.58. The summed E-state index contributed by atoms with van der Waals surface area (Å²) in [7, 11) is 0. The Morgan fingerprint density at radius 2 is 1.86 bits per heavy atom. The molecule has 8 atom stereocenters. The van der Waals surface area contributed by atoms with Gasteiger partial charge in [-0.05, 0) is 62.1 Å². The van der Waals surface area contributed by atoms with Crippen LogP contribution in [0, 0.1) is 23.7 Å². The zero-order valence-corrected chi connectivity index (χ0v) is 21.2. The van der Waals surface area contributed by atoms with E-state index in [2.05, 4.69) is 12.2 Å². The van der Waals surface area contributed by atoms with Crippen LogP contribution in [0.1, 0.15) is 64.9 Å². The van der Waals surface area contributed by atoms with E-state index < -0.39 is 29.9 Å². The van der Waals surface area contributed by atoms with Crippen molar-refractivity contribution in [3.63, 3.8) is 0 Å². The molecule has 1 spiro atoms. The molecule has 1 saturated carbocycles. The van der Waals surface area contributed by atoms with Crippen molar-refractivity contribution in [3.8, 4) is 5.75 Å². The van der Waals surface area contributed by atoms with Crippen molar-refractivity contribution in [1.29, 1.82) is 0 Å². The van der Waals surface area contributed by atoms with Gasteiger partial charge >= 0.3 is 5.97 Å². The number of benzene rings is 1. The first kappa shape index (κ1) is 25.4. The molecule has 4 aliphatic heterocycles. The Hall–Kier alpha value is -2.20. The molecular weight excluding hydrogens is 466 g/mol. The number of carbonyl (C=O) groups excluding carboxylic acids is 2. The van der Waals surface area contributed by atoms with Crippen LogP contribution in [0.5, 0.6) is 5.75 Å². The van der Waals surface area contributed by atoms with E-state index in [1.54, 1.807) is 12.1 Å². The van der Waals surface area contributed by atoms with Crippen molar-refractivity contribution in [1.82, 2.24) is 5.32 Å². The van der Waals surface area contributed by atoms with Crippen LogP contribution in [0.3, 0.4) is 0 Å². The number of amides is 1. The highest BCUT2D eigenvalue weighted by Gasteiger charge is 2.69. The second kappa shape index (κ2) is 9.93. The summed E-state index contributed by atoms with van der Waals surface area (Å²) in [6, 6.07) is 6.85. The predicted molar refractivity (Wildman–Crippen MR) is 127 cm³/mol. The van der Waals surface area contributed by atoms with Crippen molar-refractivity contribution in [2.75, 3.05) is 6.54 Å². The van der Waals surface area contributed by atoms with Gasteiger partial charge in [-0.3, -0.25) is 9.59 Å². The van der Waals surface area contributed by atoms with Crippen LogP contribution >= 0.6 is 0 Å². The first-order chi connectivity index (χ1) is 17.2. The minimum Gasteiger partial charge on any atom is -0.508 e. The fourth-order valence-electron chi connectivity index (χ4n) is 6.51. The monoisotopic (exact) mass is 503 g/mol. The Labute approximate surface area is 211 Å². The van der Waals surface area contributed by atoms with Crippen molar-refractivity contribution >= 4 is 11.9 Å². The maximum absolute atomic E-state index is 12.7. The first-order valence-corrected chi connectivity index (χ1v) is 13.1. The molecule has 1 amide bonds. The molecule has 9 heteroatoms. The Morgan fingerprint density at radius 1 is 1.08 bits per heavy atom. The second-order valence-electron chi connectivity index (χ2n) is 11.0. The number of hydrogen-bond acceptors (Lipinski definition) is 8. The molecule has 2 bridgehead atoms. The van der Waals surface area contributed by atoms with Crippen molar-refractivity contribution in [3.05, 3.63) is 29.8 Å². The minimum absolute atomic E-state index is 0.0318. The number of hydrogen-bond donors (Lipinski definition) is 2. The summed E-state index contributed by atoms with van der Waals surface area (Å²) in [5.74, 6) is -0.693. The van der Waals surface area contributed by atoms with Gasteiger partial charge in [0.05, 0.1) is 6.42 Å². The average Bonchev–Trinajstić information content (AvgIpc) is 3.08. The molecule has 9 nitrogen and oxygen atoms in total. The Kier molecular flexibility index (Phi) is 7.02. The molecule has 1 aromatic carbocycles. The lowest BCUT2D eigenvalue weighted by Crippen LogP contribution is -2.70. The second-order valence-corrected chi connectivity index (χ2v) is 11.0. The smallest absolute Gasteiger partial charge is 0.308 e. The van der Waals surface area contributed by atoms with Crippen molar-refractivity contribution in [2.45, 2.75) is 89.7 Å². The molecule has 1 aromatic rings. The molecule has 1 aliphatic carbocycles. The third kappa shape index (κ3) is 4.74. The fraction of sp³-hybridized carbons (Fsp3) is 0.704. The van der Waals surface area contributed by atoms with Crippen LogP contribution in [0.4, 0.5) is 0 Å². The Balaban J connectivity index is 1.15. The first-order valence-electron chi connectivity index (χ1n) is 13.1. The van der Waals surface area contributed by atoms with Crippen LogP contribution in [-0.4, -0.2) is 47.5 Å². The van der Waals surface area contributed by atoms with Gasteiger partial charge in [-0.1, -0.05) is 26.0 Å². The Morgan fingerprint density at radius 3 is 2.64 bits per heavy atom. The summed E-state index contributed by atoms with van der Waals surface area (Å²) in [6.07, 6.45) is 2.85. The van der Waals surface area contributed by atoms with Gasteiger partial charge < -0.3 is 24.6 Å². The number of carbonyl (C=O) groups is 2. The molecule has 36 heavy (non-hydrogen) atoms. The van der Waals surface area contributed by atoms with Crippen LogP contribution in [0.2, 0.25) is 0 Å². The van der Waals surface area contributed by atoms with E-state index in [1.165, 1.54) is 0 Å². The largest absolute Gasteiger partial charge is 0.508 e. The highest BCUT2D eigenvalue weighted by atomic mass is 17.3. The maximum Gasteiger partial charge on any atom is 0.308 e. The third-order valence-corrected chi connectivity index (χ3v) is 8.57. The molecule has 2 N–H and O–H groups in total. The summed E-state index contributed by atoms with van der Waals surface area (Å²) >= 11 is 0. The normalized spacial score (nSPS) is 39.1. The number of rotatable bonds is 7. The average molecular weight is 504 g/mol. The van der Waals surface area contributed by atoms with Gasteiger partial charge in [0.1, 0.15) is 5.75 Å². The maximum atomic E-state index is 12.7. The minimum atomic E-state index is -0.884. The number of nitrogens with one attached hydrogen (secondary N) is 1. The molecule has 198 valence electrons. The molecule has 6 rings (SSSR count). The highest BCUT2D eigenvalue weighted by molar-refractivity contribution is 5.81. The van der Waals surface area contributed by atoms with E-state index in [1.807, 2.05) is 26.0 Å². The van der Waals surface area contributed by atoms with Gasteiger partial charge in [0.2, 0.25) is 18.0 Å². The molecule has 0 aromatic heterocycles. The molecule has 5 aliphatic rings. The standard InChI is InChI=1S/C27H37NO8/c1-16-4-9-21-17(2)24(33-25-27(21)20(16)12-14-26(3,34-25)35-36-27)32-23(31)11-10-22(30)28-15-13-18-5-7-19(29)8-6-18/h5-8,16-17,20-21,24-25,29H,4,9-15H2,1-3H3,(H,28,30)/t16-,17-,20+,21+,24-,25-,26-,27+/m1/s1. The fourth-order valence-corrected chi connectivity index (χ4v) is 6.51. The molecule has 5 fully saturated rings. The van der Waals surface area contributed by atoms with Gasteiger partial charge in [-0.15, -0.1) is 0 Å². The number of fused-ring (bicyclic) bond motifs is 2. The SMILES string of the molecule is C[C@H]1[C@H](OC(=O)CCC(=O)NCCc2ccc(O)cc2)O[C@@H]2O[C@@]3(C)CC[C@H]4[C@H](C)CC[C@@H]1[C@]24OO3. The molecule has 4 saturated heterocycles. The quantitative estimate of drug-likeness (QED) is 0.429. The summed E-state index contributed by atoms with van der Waals surface area (Å²) in [6.45, 7) is 6.59. The lowest BCUT2D eigenvalue weighted by atomic mass is 9.58. The van der Waals surface area contributed by atoms with E-state index in [-0.39, 0.29) is 42.3 Å². The van der Waals surface area contributed by atoms with Gasteiger partial charge in [0.25, 0.3) is 0 Å². The van der Waals surface area contributed by atoms with E-state index in [0.29, 0.717) is 18.9 Å². The topological polar surface area (TPSA) is 113 Å². The van der Waals surface area contributed by atoms with E-state index in [9.17, 15) is 14.7 Å². The van der Waals surface area contributed by atoms with Crippen LogP contribution in [-0.2, 0) is 40.0 Å². The lowest BCUT2D eigenvalue weighted by molar-refractivity contribution is -0.576. The van der Waals surface area contributed by atoms with E-state index in [0.717, 1.165) is 31.2 Å². The van der Waals surface area contributed by atoms with Crippen LogP contribution < -0.4 is 5.32 Å². The van der Waals surface area contributed by atoms with Gasteiger partial charge in [-0.2, -0.15) is 0 Å². The number of ether oxygens (including phenoxy) is 3. The van der Waals surface area contributed by atoms with Crippen LogP contribution in [0.25, 0.3) is 0 Å².